The van der Waals surface area contributed by atoms with Crippen LogP contribution in [0.5, 0.6) is 11.5 Å². The number of carbonyl (C=O) groups is 1. The van der Waals surface area contributed by atoms with E-state index >= 15 is 0 Å². The summed E-state index contributed by atoms with van der Waals surface area (Å²) in [6.45, 7) is 3.65. The van der Waals surface area contributed by atoms with Crippen LogP contribution in [0.4, 0.5) is 13.2 Å². The Hall–Kier alpha value is -2.83. The maximum Gasteiger partial charge on any atom is 0.416 e. The Morgan fingerprint density at radius 3 is 2.21 bits per heavy atom. The van der Waals surface area contributed by atoms with E-state index in [2.05, 4.69) is 5.10 Å². The summed E-state index contributed by atoms with van der Waals surface area (Å²) in [6, 6.07) is 7.10. The fourth-order valence-corrected chi connectivity index (χ4v) is 6.66. The lowest BCUT2D eigenvalue weighted by molar-refractivity contribution is -0.138. The molecule has 206 valence electrons. The Bertz CT molecular complexity index is 1390. The number of hydrogen-bond acceptors (Lipinski definition) is 6. The Morgan fingerprint density at radius 2 is 1.66 bits per heavy atom. The summed E-state index contributed by atoms with van der Waals surface area (Å²) in [6.07, 6.45) is -4.05. The van der Waals surface area contributed by atoms with E-state index in [0.29, 0.717) is 47.7 Å². The third kappa shape index (κ3) is 4.96. The monoisotopic (exact) mass is 573 g/mol. The average Bonchev–Trinajstić information content (AvgIpc) is 3.11. The summed E-state index contributed by atoms with van der Waals surface area (Å²) in [4.78, 5) is 13.0. The molecule has 0 bridgehead atoms. The number of carbonyl (C=O) groups excluding carboxylic acids is 1. The highest BCUT2D eigenvalue weighted by atomic mass is 35.5. The highest BCUT2D eigenvalue weighted by Crippen LogP contribution is 2.39. The maximum absolute atomic E-state index is 13.4. The molecule has 2 aromatic rings. The van der Waals surface area contributed by atoms with Gasteiger partial charge in [0.15, 0.2) is 11.5 Å². The summed E-state index contributed by atoms with van der Waals surface area (Å²) < 4.78 is 77.0. The van der Waals surface area contributed by atoms with Crippen LogP contribution in [0.2, 0.25) is 5.02 Å². The summed E-state index contributed by atoms with van der Waals surface area (Å²) >= 11 is 5.94. The van der Waals surface area contributed by atoms with Crippen LogP contribution in [-0.4, -0.2) is 62.7 Å². The van der Waals surface area contributed by atoms with Crippen molar-refractivity contribution in [3.8, 4) is 11.5 Å². The van der Waals surface area contributed by atoms with Crippen LogP contribution in [0.15, 0.2) is 46.4 Å². The normalized spacial score (nSPS) is 19.0. The number of halogens is 4. The lowest BCUT2D eigenvalue weighted by atomic mass is 9.83. The van der Waals surface area contributed by atoms with Crippen molar-refractivity contribution in [2.45, 2.75) is 43.8 Å². The molecule has 2 aliphatic rings. The summed E-state index contributed by atoms with van der Waals surface area (Å²) in [7, 11) is -1.10. The van der Waals surface area contributed by atoms with E-state index < -0.39 is 37.1 Å². The SMILES string of the molecule is COc1ccc(C2=NN(C3CCN(S(=O)(=O)c4ccc(C(F)(F)F)cc4Cl)CC3)C(=O)C2(C)C)cc1OC. The molecule has 8 nitrogen and oxygen atoms in total. The zero-order chi connectivity index (χ0) is 28.0. The second-order valence-electron chi connectivity index (χ2n) is 9.57. The smallest absolute Gasteiger partial charge is 0.416 e. The number of amides is 1. The molecule has 0 aliphatic carbocycles. The molecule has 0 N–H and O–H groups in total. The molecule has 38 heavy (non-hydrogen) atoms. The molecule has 0 atom stereocenters. The van der Waals surface area contributed by atoms with Gasteiger partial charge >= 0.3 is 6.18 Å². The van der Waals surface area contributed by atoms with Gasteiger partial charge in [-0.3, -0.25) is 4.79 Å². The summed E-state index contributed by atoms with van der Waals surface area (Å²) in [5, 5.41) is 5.57. The molecule has 0 aromatic heterocycles. The molecular formula is C25H27ClF3N3O5S. The predicted molar refractivity (Wildman–Crippen MR) is 135 cm³/mol. The Labute approximate surface area is 224 Å². The second kappa shape index (κ2) is 10.0. The fraction of sp³-hybridized carbons (Fsp3) is 0.440. The van der Waals surface area contributed by atoms with Crippen LogP contribution >= 0.6 is 11.6 Å². The number of rotatable bonds is 6. The zero-order valence-electron chi connectivity index (χ0n) is 21.2. The predicted octanol–water partition coefficient (Wildman–Crippen LogP) is 4.80. The number of ether oxygens (including phenoxy) is 2. The average molecular weight is 574 g/mol. The molecule has 2 heterocycles. The first-order valence-corrected chi connectivity index (χ1v) is 13.6. The van der Waals surface area contributed by atoms with Gasteiger partial charge in [-0.1, -0.05) is 11.6 Å². The van der Waals surface area contributed by atoms with Gasteiger partial charge in [0.25, 0.3) is 5.91 Å². The zero-order valence-corrected chi connectivity index (χ0v) is 22.7. The van der Waals surface area contributed by atoms with E-state index in [4.69, 9.17) is 21.1 Å². The van der Waals surface area contributed by atoms with Gasteiger partial charge in [-0.25, -0.2) is 13.4 Å². The van der Waals surface area contributed by atoms with Crippen molar-refractivity contribution in [3.05, 3.63) is 52.5 Å². The number of benzene rings is 2. The molecule has 1 fully saturated rings. The minimum atomic E-state index is -4.64. The quantitative estimate of drug-likeness (QED) is 0.495. The van der Waals surface area contributed by atoms with Crippen molar-refractivity contribution in [3.63, 3.8) is 0 Å². The van der Waals surface area contributed by atoms with E-state index in [9.17, 15) is 26.4 Å². The summed E-state index contributed by atoms with van der Waals surface area (Å²) in [5.74, 6) is 0.821. The number of alkyl halides is 3. The van der Waals surface area contributed by atoms with Crippen molar-refractivity contribution < 1.29 is 35.9 Å². The molecule has 0 unspecified atom stereocenters. The van der Waals surface area contributed by atoms with Crippen LogP contribution in [-0.2, 0) is 21.0 Å². The van der Waals surface area contributed by atoms with E-state index in [1.54, 1.807) is 32.0 Å². The molecule has 1 amide bonds. The van der Waals surface area contributed by atoms with Crippen LogP contribution in [0.1, 0.15) is 37.8 Å². The van der Waals surface area contributed by atoms with Gasteiger partial charge in [0.2, 0.25) is 10.0 Å². The van der Waals surface area contributed by atoms with Gasteiger partial charge in [0.05, 0.1) is 42.0 Å². The molecule has 2 aromatic carbocycles. The Morgan fingerprint density at radius 1 is 1.03 bits per heavy atom. The molecule has 1 saturated heterocycles. The van der Waals surface area contributed by atoms with Crippen LogP contribution in [0, 0.1) is 5.41 Å². The van der Waals surface area contributed by atoms with Gasteiger partial charge in [-0.05, 0) is 63.1 Å². The largest absolute Gasteiger partial charge is 0.493 e. The van der Waals surface area contributed by atoms with Crippen molar-refractivity contribution in [2.24, 2.45) is 10.5 Å². The van der Waals surface area contributed by atoms with Crippen molar-refractivity contribution in [1.29, 1.82) is 0 Å². The van der Waals surface area contributed by atoms with Crippen LogP contribution < -0.4 is 9.47 Å². The highest BCUT2D eigenvalue weighted by Gasteiger charge is 2.47. The van der Waals surface area contributed by atoms with Gasteiger partial charge in [-0.15, -0.1) is 0 Å². The first kappa shape index (κ1) is 28.2. The van der Waals surface area contributed by atoms with E-state index in [-0.39, 0.29) is 25.0 Å². The van der Waals surface area contributed by atoms with E-state index in [1.165, 1.54) is 23.5 Å². The number of methoxy groups -OCH3 is 2. The third-order valence-corrected chi connectivity index (χ3v) is 9.23. The summed E-state index contributed by atoms with van der Waals surface area (Å²) in [5.41, 5.74) is -0.717. The number of sulfonamides is 1. The molecule has 4 rings (SSSR count). The van der Waals surface area contributed by atoms with E-state index in [1.807, 2.05) is 0 Å². The minimum Gasteiger partial charge on any atom is -0.493 e. The molecule has 2 aliphatic heterocycles. The first-order chi connectivity index (χ1) is 17.7. The van der Waals surface area contributed by atoms with Crippen molar-refractivity contribution in [2.75, 3.05) is 27.3 Å². The molecule has 0 radical (unpaired) electrons. The first-order valence-electron chi connectivity index (χ1n) is 11.7. The fourth-order valence-electron chi connectivity index (χ4n) is 4.67. The van der Waals surface area contributed by atoms with Gasteiger partial charge < -0.3 is 9.47 Å². The topological polar surface area (TPSA) is 88.5 Å². The number of hydrogen-bond donors (Lipinski definition) is 0. The third-order valence-electron chi connectivity index (χ3n) is 6.85. The highest BCUT2D eigenvalue weighted by molar-refractivity contribution is 7.89. The van der Waals surface area contributed by atoms with Gasteiger partial charge in [-0.2, -0.15) is 22.6 Å². The molecule has 0 spiro atoms. The van der Waals surface area contributed by atoms with Crippen molar-refractivity contribution in [1.82, 2.24) is 9.31 Å². The Balaban J connectivity index is 1.53. The lowest BCUT2D eigenvalue weighted by Crippen LogP contribution is -2.47. The molecule has 0 saturated carbocycles. The minimum absolute atomic E-state index is 0.0514. The number of nitrogens with zero attached hydrogens (tertiary/aromatic N) is 3. The van der Waals surface area contributed by atoms with E-state index in [0.717, 1.165) is 6.07 Å². The molecular weight excluding hydrogens is 547 g/mol. The number of hydrazone groups is 1. The van der Waals surface area contributed by atoms with Gasteiger partial charge in [0.1, 0.15) is 4.90 Å². The van der Waals surface area contributed by atoms with Gasteiger partial charge in [0, 0.05) is 18.7 Å². The second-order valence-corrected chi connectivity index (χ2v) is 11.9. The molecule has 13 heteroatoms. The van der Waals surface area contributed by atoms with Crippen LogP contribution in [0.3, 0.4) is 0 Å². The Kier molecular flexibility index (Phi) is 7.45. The van der Waals surface area contributed by atoms with Crippen molar-refractivity contribution >= 4 is 33.2 Å². The standard InChI is InChI=1S/C25H27ClF3N3O5S/c1-24(2)22(15-5-7-19(36-3)20(13-15)37-4)30-32(23(24)33)17-9-11-31(12-10-17)38(34,35)21-8-6-16(14-18(21)26)25(27,28)29/h5-8,13-14,17H,9-12H2,1-4H3. The maximum atomic E-state index is 13.4. The van der Waals surface area contributed by atoms with Crippen LogP contribution in [0.25, 0.3) is 0 Å². The lowest BCUT2D eigenvalue weighted by Gasteiger charge is -2.35. The number of piperidine rings is 1.